The second kappa shape index (κ2) is 7.25. The summed E-state index contributed by atoms with van der Waals surface area (Å²) in [7, 11) is 0. The average Bonchev–Trinajstić information content (AvgIpc) is 2.49. The van der Waals surface area contributed by atoms with Gasteiger partial charge in [-0.2, -0.15) is 0 Å². The lowest BCUT2D eigenvalue weighted by molar-refractivity contribution is 0.0851. The highest BCUT2D eigenvalue weighted by molar-refractivity contribution is 5.33. The van der Waals surface area contributed by atoms with Crippen LogP contribution in [0.3, 0.4) is 0 Å². The molecule has 0 aliphatic carbocycles. The van der Waals surface area contributed by atoms with Crippen molar-refractivity contribution in [1.82, 2.24) is 0 Å². The van der Waals surface area contributed by atoms with E-state index in [1.165, 1.54) is 11.1 Å². The van der Waals surface area contributed by atoms with E-state index in [-0.39, 0.29) is 12.6 Å². The predicted octanol–water partition coefficient (Wildman–Crippen LogP) is 2.61. The van der Waals surface area contributed by atoms with Gasteiger partial charge in [-0.05, 0) is 49.1 Å². The first-order valence-corrected chi connectivity index (χ1v) is 7.24. The van der Waals surface area contributed by atoms with Crippen molar-refractivity contribution in [3.8, 4) is 5.75 Å². The Bertz CT molecular complexity index is 569. The Morgan fingerprint density at radius 2 is 1.76 bits per heavy atom. The van der Waals surface area contributed by atoms with Crippen molar-refractivity contribution in [2.45, 2.75) is 32.4 Å². The zero-order chi connectivity index (χ0) is 15.2. The first-order valence-electron chi connectivity index (χ1n) is 7.24. The van der Waals surface area contributed by atoms with Crippen LogP contribution < -0.4 is 10.5 Å². The van der Waals surface area contributed by atoms with Crippen LogP contribution in [0.15, 0.2) is 48.5 Å². The molecule has 2 unspecified atom stereocenters. The number of rotatable bonds is 6. The zero-order valence-electron chi connectivity index (χ0n) is 12.6. The lowest BCUT2D eigenvalue weighted by atomic mass is 10.0. The third kappa shape index (κ3) is 4.59. The van der Waals surface area contributed by atoms with Gasteiger partial charge < -0.3 is 15.6 Å². The van der Waals surface area contributed by atoms with Gasteiger partial charge >= 0.3 is 0 Å². The largest absolute Gasteiger partial charge is 0.491 e. The highest BCUT2D eigenvalue weighted by atomic mass is 16.5. The predicted molar refractivity (Wildman–Crippen MR) is 85.5 cm³/mol. The van der Waals surface area contributed by atoms with E-state index in [9.17, 15) is 5.11 Å². The Labute approximate surface area is 126 Å². The molecule has 21 heavy (non-hydrogen) atoms. The maximum absolute atomic E-state index is 10.1. The molecule has 0 radical (unpaired) electrons. The normalized spacial score (nSPS) is 13.7. The van der Waals surface area contributed by atoms with Crippen molar-refractivity contribution in [2.75, 3.05) is 6.61 Å². The van der Waals surface area contributed by atoms with Gasteiger partial charge in [-0.25, -0.2) is 0 Å². The van der Waals surface area contributed by atoms with Crippen molar-refractivity contribution in [3.63, 3.8) is 0 Å². The van der Waals surface area contributed by atoms with Crippen molar-refractivity contribution >= 4 is 0 Å². The van der Waals surface area contributed by atoms with Crippen LogP contribution in [0.25, 0.3) is 0 Å². The summed E-state index contributed by atoms with van der Waals surface area (Å²) in [5.41, 5.74) is 9.56. The first-order chi connectivity index (χ1) is 10.1. The van der Waals surface area contributed by atoms with Gasteiger partial charge in [0.25, 0.3) is 0 Å². The third-order valence-corrected chi connectivity index (χ3v) is 3.71. The lowest BCUT2D eigenvalue weighted by Crippen LogP contribution is -2.40. The van der Waals surface area contributed by atoms with Crippen LogP contribution >= 0.6 is 0 Å². The molecular formula is C18H23NO2. The second-order valence-electron chi connectivity index (χ2n) is 5.48. The topological polar surface area (TPSA) is 55.5 Å². The number of ether oxygens (including phenoxy) is 1. The second-order valence-corrected chi connectivity index (χ2v) is 5.48. The maximum atomic E-state index is 10.1. The molecule has 0 amide bonds. The zero-order valence-corrected chi connectivity index (χ0v) is 12.6. The quantitative estimate of drug-likeness (QED) is 0.858. The van der Waals surface area contributed by atoms with Gasteiger partial charge in [-0.3, -0.25) is 0 Å². The summed E-state index contributed by atoms with van der Waals surface area (Å²) in [5, 5.41) is 10.1. The minimum Gasteiger partial charge on any atom is -0.491 e. The summed E-state index contributed by atoms with van der Waals surface area (Å²) in [6, 6.07) is 15.5. The third-order valence-electron chi connectivity index (χ3n) is 3.71. The molecular weight excluding hydrogens is 262 g/mol. The molecule has 3 heteroatoms. The molecule has 0 spiro atoms. The number of aliphatic hydroxyl groups excluding tert-OH is 1. The molecule has 0 bridgehead atoms. The summed E-state index contributed by atoms with van der Waals surface area (Å²) in [5.74, 6) is 0.768. The van der Waals surface area contributed by atoms with Gasteiger partial charge in [0, 0.05) is 6.04 Å². The standard InChI is InChI=1S/C18H23NO2/c1-13-8-9-16(10-14(13)2)21-12-18(20)17(19)11-15-6-4-3-5-7-15/h3-10,17-18,20H,11-12,19H2,1-2H3. The van der Waals surface area contributed by atoms with Crippen molar-refractivity contribution in [3.05, 3.63) is 65.2 Å². The smallest absolute Gasteiger partial charge is 0.119 e. The van der Waals surface area contributed by atoms with Crippen LogP contribution in [-0.2, 0) is 6.42 Å². The van der Waals surface area contributed by atoms with Crippen LogP contribution in [0.2, 0.25) is 0 Å². The molecule has 0 saturated carbocycles. The van der Waals surface area contributed by atoms with E-state index in [0.29, 0.717) is 6.42 Å². The molecule has 0 aliphatic rings. The van der Waals surface area contributed by atoms with Crippen LogP contribution in [0.1, 0.15) is 16.7 Å². The fourth-order valence-electron chi connectivity index (χ4n) is 2.13. The summed E-state index contributed by atoms with van der Waals surface area (Å²) >= 11 is 0. The van der Waals surface area contributed by atoms with Gasteiger partial charge in [0.05, 0.1) is 0 Å². The first kappa shape index (κ1) is 15.5. The molecule has 3 N–H and O–H groups in total. The van der Waals surface area contributed by atoms with Crippen molar-refractivity contribution in [1.29, 1.82) is 0 Å². The molecule has 2 atom stereocenters. The summed E-state index contributed by atoms with van der Waals surface area (Å²) in [4.78, 5) is 0. The number of hydrogen-bond acceptors (Lipinski definition) is 3. The highest BCUT2D eigenvalue weighted by Crippen LogP contribution is 2.17. The molecule has 112 valence electrons. The molecule has 0 heterocycles. The molecule has 2 rings (SSSR count). The van der Waals surface area contributed by atoms with E-state index in [2.05, 4.69) is 6.92 Å². The van der Waals surface area contributed by atoms with E-state index in [1.54, 1.807) is 0 Å². The number of benzene rings is 2. The Hall–Kier alpha value is -1.84. The van der Waals surface area contributed by atoms with Gasteiger partial charge in [0.2, 0.25) is 0 Å². The molecule has 2 aromatic carbocycles. The Balaban J connectivity index is 1.86. The van der Waals surface area contributed by atoms with Gasteiger partial charge in [-0.15, -0.1) is 0 Å². The van der Waals surface area contributed by atoms with Gasteiger partial charge in [0.1, 0.15) is 18.5 Å². The van der Waals surface area contributed by atoms with Crippen LogP contribution in [0, 0.1) is 13.8 Å². The maximum Gasteiger partial charge on any atom is 0.119 e. The monoisotopic (exact) mass is 285 g/mol. The van der Waals surface area contributed by atoms with Gasteiger partial charge in [0.15, 0.2) is 0 Å². The van der Waals surface area contributed by atoms with Crippen LogP contribution in [-0.4, -0.2) is 23.9 Å². The van der Waals surface area contributed by atoms with E-state index >= 15 is 0 Å². The molecule has 0 fully saturated rings. The molecule has 0 aromatic heterocycles. The summed E-state index contributed by atoms with van der Waals surface area (Å²) in [6.07, 6.45) is -0.0509. The average molecular weight is 285 g/mol. The molecule has 0 aliphatic heterocycles. The van der Waals surface area contributed by atoms with Gasteiger partial charge in [-0.1, -0.05) is 36.4 Å². The number of aryl methyl sites for hydroxylation is 2. The van der Waals surface area contributed by atoms with E-state index in [0.717, 1.165) is 11.3 Å². The number of hydrogen-bond donors (Lipinski definition) is 2. The Kier molecular flexibility index (Phi) is 5.37. The van der Waals surface area contributed by atoms with Crippen LogP contribution in [0.5, 0.6) is 5.75 Å². The fourth-order valence-corrected chi connectivity index (χ4v) is 2.13. The molecule has 2 aromatic rings. The fraction of sp³-hybridized carbons (Fsp3) is 0.333. The molecule has 3 nitrogen and oxygen atoms in total. The summed E-state index contributed by atoms with van der Waals surface area (Å²) in [6.45, 7) is 4.31. The summed E-state index contributed by atoms with van der Waals surface area (Å²) < 4.78 is 5.63. The molecule has 0 saturated heterocycles. The van der Waals surface area contributed by atoms with E-state index in [1.807, 2.05) is 55.5 Å². The van der Waals surface area contributed by atoms with E-state index in [4.69, 9.17) is 10.5 Å². The van der Waals surface area contributed by atoms with Crippen molar-refractivity contribution in [2.24, 2.45) is 5.73 Å². The number of nitrogens with two attached hydrogens (primary N) is 1. The van der Waals surface area contributed by atoms with Crippen LogP contribution in [0.4, 0.5) is 0 Å². The number of aliphatic hydroxyl groups is 1. The SMILES string of the molecule is Cc1ccc(OCC(O)C(N)Cc2ccccc2)cc1C. The Morgan fingerprint density at radius 1 is 1.05 bits per heavy atom. The van der Waals surface area contributed by atoms with Crippen molar-refractivity contribution < 1.29 is 9.84 Å². The minimum atomic E-state index is -0.688. The Morgan fingerprint density at radius 3 is 2.43 bits per heavy atom. The lowest BCUT2D eigenvalue weighted by Gasteiger charge is -2.19. The van der Waals surface area contributed by atoms with E-state index < -0.39 is 6.10 Å². The minimum absolute atomic E-state index is 0.205. The highest BCUT2D eigenvalue weighted by Gasteiger charge is 2.16.